The van der Waals surface area contributed by atoms with Crippen LogP contribution < -0.4 is 5.73 Å². The summed E-state index contributed by atoms with van der Waals surface area (Å²) in [5.41, 5.74) is 5.69. The lowest BCUT2D eigenvalue weighted by molar-refractivity contribution is 0.179. The van der Waals surface area contributed by atoms with E-state index in [0.29, 0.717) is 5.84 Å². The molecule has 1 aliphatic heterocycles. The molecule has 2 fully saturated rings. The van der Waals surface area contributed by atoms with E-state index in [1.54, 1.807) is 0 Å². The van der Waals surface area contributed by atoms with Crippen LogP contribution in [0.25, 0.3) is 0 Å². The van der Waals surface area contributed by atoms with E-state index in [1.165, 1.54) is 25.7 Å². The molecule has 0 radical (unpaired) electrons. The summed E-state index contributed by atoms with van der Waals surface area (Å²) in [6.07, 6.45) is 6.21. The zero-order valence-electron chi connectivity index (χ0n) is 8.52. The van der Waals surface area contributed by atoms with Crippen molar-refractivity contribution in [2.24, 2.45) is 16.8 Å². The lowest BCUT2D eigenvalue weighted by Crippen LogP contribution is -2.48. The predicted octanol–water partition coefficient (Wildman–Crippen LogP) is 0.997. The Labute approximate surface area is 84.8 Å². The highest BCUT2D eigenvalue weighted by atomic mass is 16.4. The molecule has 0 aromatic heterocycles. The van der Waals surface area contributed by atoms with Crippen LogP contribution in [-0.2, 0) is 0 Å². The molecule has 2 rings (SSSR count). The molecule has 1 aliphatic carbocycles. The van der Waals surface area contributed by atoms with Gasteiger partial charge in [-0.25, -0.2) is 0 Å². The normalized spacial score (nSPS) is 30.6. The highest BCUT2D eigenvalue weighted by molar-refractivity contribution is 5.85. The average Bonchev–Trinajstić information content (AvgIpc) is 3.01. The van der Waals surface area contributed by atoms with Crippen molar-refractivity contribution >= 4 is 5.84 Å². The number of amidine groups is 1. The molecule has 2 aliphatic rings. The van der Waals surface area contributed by atoms with Gasteiger partial charge in [-0.3, -0.25) is 4.90 Å². The summed E-state index contributed by atoms with van der Waals surface area (Å²) in [4.78, 5) is 2.39. The number of nitrogens with zero attached hydrogens (tertiary/aromatic N) is 2. The maximum Gasteiger partial charge on any atom is 0.156 e. The number of piperidine rings is 1. The minimum atomic E-state index is 0.189. The van der Waals surface area contributed by atoms with E-state index in [-0.39, 0.29) is 6.04 Å². The van der Waals surface area contributed by atoms with Crippen LogP contribution in [0.1, 0.15) is 32.1 Å². The molecule has 0 spiro atoms. The van der Waals surface area contributed by atoms with Gasteiger partial charge in [-0.05, 0) is 38.1 Å². The molecule has 80 valence electrons. The van der Waals surface area contributed by atoms with E-state index in [2.05, 4.69) is 10.1 Å². The first-order chi connectivity index (χ1) is 6.81. The van der Waals surface area contributed by atoms with Gasteiger partial charge in [0.15, 0.2) is 5.84 Å². The molecule has 0 amide bonds. The summed E-state index contributed by atoms with van der Waals surface area (Å²) in [5, 5.41) is 11.8. The number of oxime groups is 1. The summed E-state index contributed by atoms with van der Waals surface area (Å²) in [7, 11) is 0. The molecule has 4 heteroatoms. The Morgan fingerprint density at radius 1 is 1.36 bits per heavy atom. The van der Waals surface area contributed by atoms with Gasteiger partial charge in [-0.1, -0.05) is 11.6 Å². The van der Waals surface area contributed by atoms with Crippen LogP contribution in [0.3, 0.4) is 0 Å². The minimum absolute atomic E-state index is 0.189. The SMILES string of the molecule is NC(=NO)C1CCCCN1CC1CC1. The smallest absolute Gasteiger partial charge is 0.156 e. The zero-order chi connectivity index (χ0) is 9.97. The zero-order valence-corrected chi connectivity index (χ0v) is 8.52. The maximum absolute atomic E-state index is 8.69. The molecular formula is C10H19N3O. The van der Waals surface area contributed by atoms with Crippen LogP contribution in [-0.4, -0.2) is 35.1 Å². The molecule has 1 saturated heterocycles. The number of hydrogen-bond donors (Lipinski definition) is 2. The third-order valence-electron chi connectivity index (χ3n) is 3.26. The number of rotatable bonds is 3. The average molecular weight is 197 g/mol. The highest BCUT2D eigenvalue weighted by Crippen LogP contribution is 2.31. The first kappa shape index (κ1) is 9.77. The van der Waals surface area contributed by atoms with Crippen molar-refractivity contribution in [1.82, 2.24) is 4.90 Å². The van der Waals surface area contributed by atoms with Gasteiger partial charge in [-0.2, -0.15) is 0 Å². The van der Waals surface area contributed by atoms with Crippen molar-refractivity contribution < 1.29 is 5.21 Å². The summed E-state index contributed by atoms with van der Waals surface area (Å²) < 4.78 is 0. The van der Waals surface area contributed by atoms with Crippen molar-refractivity contribution in [1.29, 1.82) is 0 Å². The van der Waals surface area contributed by atoms with Crippen LogP contribution in [0.5, 0.6) is 0 Å². The lowest BCUT2D eigenvalue weighted by atomic mass is 10.0. The molecule has 1 saturated carbocycles. The van der Waals surface area contributed by atoms with Gasteiger partial charge in [0.25, 0.3) is 0 Å². The standard InChI is InChI=1S/C10H19N3O/c11-10(12-14)9-3-1-2-6-13(9)7-8-4-5-8/h8-9,14H,1-7H2,(H2,11,12). The maximum atomic E-state index is 8.69. The molecule has 4 nitrogen and oxygen atoms in total. The quantitative estimate of drug-likeness (QED) is 0.307. The number of likely N-dealkylation sites (tertiary alicyclic amines) is 1. The van der Waals surface area contributed by atoms with Gasteiger partial charge >= 0.3 is 0 Å². The fourth-order valence-corrected chi connectivity index (χ4v) is 2.24. The second-order valence-electron chi connectivity index (χ2n) is 4.47. The Hall–Kier alpha value is -0.770. The van der Waals surface area contributed by atoms with Crippen molar-refractivity contribution in [2.75, 3.05) is 13.1 Å². The Balaban J connectivity index is 1.94. The number of nitrogens with two attached hydrogens (primary N) is 1. The Morgan fingerprint density at radius 2 is 2.14 bits per heavy atom. The Kier molecular flexibility index (Phi) is 2.91. The minimum Gasteiger partial charge on any atom is -0.409 e. The van der Waals surface area contributed by atoms with Gasteiger partial charge in [0.1, 0.15) is 0 Å². The Bertz CT molecular complexity index is 225. The molecule has 1 atom stereocenters. The van der Waals surface area contributed by atoms with Crippen LogP contribution in [0, 0.1) is 5.92 Å². The van der Waals surface area contributed by atoms with Gasteiger partial charge in [0.05, 0.1) is 6.04 Å². The predicted molar refractivity (Wildman–Crippen MR) is 55.3 cm³/mol. The van der Waals surface area contributed by atoms with E-state index in [4.69, 9.17) is 10.9 Å². The fraction of sp³-hybridized carbons (Fsp3) is 0.900. The molecular weight excluding hydrogens is 178 g/mol. The third kappa shape index (κ3) is 2.18. The first-order valence-corrected chi connectivity index (χ1v) is 5.52. The van der Waals surface area contributed by atoms with Gasteiger partial charge in [0.2, 0.25) is 0 Å². The molecule has 3 N–H and O–H groups in total. The topological polar surface area (TPSA) is 61.9 Å². The number of hydrogen-bond acceptors (Lipinski definition) is 3. The molecule has 1 unspecified atom stereocenters. The lowest BCUT2D eigenvalue weighted by Gasteiger charge is -2.34. The van der Waals surface area contributed by atoms with E-state index in [1.807, 2.05) is 0 Å². The second-order valence-corrected chi connectivity index (χ2v) is 4.47. The summed E-state index contributed by atoms with van der Waals surface area (Å²) in [6, 6.07) is 0.189. The van der Waals surface area contributed by atoms with Gasteiger partial charge in [-0.15, -0.1) is 0 Å². The summed E-state index contributed by atoms with van der Waals surface area (Å²) >= 11 is 0. The third-order valence-corrected chi connectivity index (χ3v) is 3.26. The molecule has 0 aromatic carbocycles. The van der Waals surface area contributed by atoms with Crippen LogP contribution in [0.2, 0.25) is 0 Å². The molecule has 1 heterocycles. The van der Waals surface area contributed by atoms with Crippen LogP contribution in [0.15, 0.2) is 5.16 Å². The first-order valence-electron chi connectivity index (χ1n) is 5.52. The summed E-state index contributed by atoms with van der Waals surface area (Å²) in [5.74, 6) is 1.27. The van der Waals surface area contributed by atoms with E-state index in [0.717, 1.165) is 25.4 Å². The van der Waals surface area contributed by atoms with Crippen molar-refractivity contribution in [3.63, 3.8) is 0 Å². The van der Waals surface area contributed by atoms with Crippen molar-refractivity contribution in [2.45, 2.75) is 38.1 Å². The monoisotopic (exact) mass is 197 g/mol. The van der Waals surface area contributed by atoms with E-state index < -0.39 is 0 Å². The Morgan fingerprint density at radius 3 is 2.79 bits per heavy atom. The fourth-order valence-electron chi connectivity index (χ4n) is 2.24. The van der Waals surface area contributed by atoms with Gasteiger partial charge < -0.3 is 10.9 Å². The van der Waals surface area contributed by atoms with Crippen molar-refractivity contribution in [3.05, 3.63) is 0 Å². The van der Waals surface area contributed by atoms with Gasteiger partial charge in [0, 0.05) is 6.54 Å². The highest BCUT2D eigenvalue weighted by Gasteiger charge is 2.31. The van der Waals surface area contributed by atoms with Crippen LogP contribution in [0.4, 0.5) is 0 Å². The molecule has 14 heavy (non-hydrogen) atoms. The van der Waals surface area contributed by atoms with Crippen LogP contribution >= 0.6 is 0 Å². The molecule has 0 bridgehead atoms. The van der Waals surface area contributed by atoms with Crippen molar-refractivity contribution in [3.8, 4) is 0 Å². The second kappa shape index (κ2) is 4.17. The largest absolute Gasteiger partial charge is 0.409 e. The molecule has 0 aromatic rings. The van der Waals surface area contributed by atoms with E-state index in [9.17, 15) is 0 Å². The summed E-state index contributed by atoms with van der Waals surface area (Å²) in [6.45, 7) is 2.25. The van der Waals surface area contributed by atoms with E-state index >= 15 is 0 Å².